The van der Waals surface area contributed by atoms with Gasteiger partial charge in [0, 0.05) is 17.5 Å². The van der Waals surface area contributed by atoms with E-state index in [4.69, 9.17) is 4.74 Å². The molecule has 0 aromatic heterocycles. The van der Waals surface area contributed by atoms with Crippen LogP contribution < -0.4 is 10.1 Å². The largest absolute Gasteiger partial charge is 0.480 e. The van der Waals surface area contributed by atoms with Crippen molar-refractivity contribution in [2.75, 3.05) is 12.3 Å². The molecule has 1 N–H and O–H groups in total. The fourth-order valence-electron chi connectivity index (χ4n) is 2.73. The van der Waals surface area contributed by atoms with Crippen LogP contribution in [0.5, 0.6) is 5.75 Å². The fourth-order valence-corrected chi connectivity index (χ4v) is 3.95. The van der Waals surface area contributed by atoms with Crippen LogP contribution in [0.2, 0.25) is 0 Å². The SMILES string of the molecule is CCC(Oc1ccccc1C)C(=O)NCCSC1CCCC1. The van der Waals surface area contributed by atoms with E-state index in [9.17, 15) is 4.79 Å². The van der Waals surface area contributed by atoms with Crippen molar-refractivity contribution < 1.29 is 9.53 Å². The number of benzene rings is 1. The van der Waals surface area contributed by atoms with Crippen LogP contribution in [-0.2, 0) is 4.79 Å². The molecule has 0 heterocycles. The monoisotopic (exact) mass is 321 g/mol. The molecule has 1 amide bonds. The van der Waals surface area contributed by atoms with Gasteiger partial charge in [-0.1, -0.05) is 38.0 Å². The standard InChI is InChI=1S/C18H27NO2S/c1-3-16(21-17-11-7-4-8-14(17)2)18(20)19-12-13-22-15-9-5-6-10-15/h4,7-8,11,15-16H,3,5-6,9-10,12-13H2,1-2H3,(H,19,20). The number of aryl methyl sites for hydroxylation is 1. The van der Waals surface area contributed by atoms with Crippen LogP contribution in [0.25, 0.3) is 0 Å². The van der Waals surface area contributed by atoms with Gasteiger partial charge in [-0.05, 0) is 37.8 Å². The second-order valence-electron chi connectivity index (χ2n) is 5.85. The molecule has 1 saturated carbocycles. The van der Waals surface area contributed by atoms with Crippen LogP contribution in [0.15, 0.2) is 24.3 Å². The molecular weight excluding hydrogens is 294 g/mol. The highest BCUT2D eigenvalue weighted by molar-refractivity contribution is 7.99. The van der Waals surface area contributed by atoms with Gasteiger partial charge in [-0.3, -0.25) is 4.79 Å². The van der Waals surface area contributed by atoms with Crippen LogP contribution in [0.3, 0.4) is 0 Å². The van der Waals surface area contributed by atoms with Gasteiger partial charge in [-0.15, -0.1) is 0 Å². The Morgan fingerprint density at radius 3 is 2.77 bits per heavy atom. The Labute approximate surface area is 138 Å². The average Bonchev–Trinajstić information content (AvgIpc) is 3.04. The minimum absolute atomic E-state index is 0.00206. The van der Waals surface area contributed by atoms with Crippen LogP contribution in [0.4, 0.5) is 0 Å². The summed E-state index contributed by atoms with van der Waals surface area (Å²) >= 11 is 2.00. The van der Waals surface area contributed by atoms with Crippen molar-refractivity contribution in [2.45, 2.75) is 57.3 Å². The number of para-hydroxylation sites is 1. The molecule has 22 heavy (non-hydrogen) atoms. The molecule has 1 fully saturated rings. The van der Waals surface area contributed by atoms with Gasteiger partial charge in [0.1, 0.15) is 5.75 Å². The van der Waals surface area contributed by atoms with E-state index in [1.807, 2.05) is 49.9 Å². The number of rotatable bonds is 8. The molecule has 1 aliphatic carbocycles. The number of carbonyl (C=O) groups is 1. The summed E-state index contributed by atoms with van der Waals surface area (Å²) in [6, 6.07) is 7.83. The summed E-state index contributed by atoms with van der Waals surface area (Å²) in [6.07, 6.45) is 5.69. The third kappa shape index (κ3) is 5.24. The predicted molar refractivity (Wildman–Crippen MR) is 93.6 cm³/mol. The van der Waals surface area contributed by atoms with E-state index in [0.717, 1.165) is 28.9 Å². The quantitative estimate of drug-likeness (QED) is 0.737. The zero-order chi connectivity index (χ0) is 15.8. The van der Waals surface area contributed by atoms with Crippen LogP contribution in [0, 0.1) is 6.92 Å². The Morgan fingerprint density at radius 2 is 2.09 bits per heavy atom. The number of amides is 1. The number of hydrogen-bond acceptors (Lipinski definition) is 3. The first-order valence-corrected chi connectivity index (χ1v) is 9.37. The molecule has 1 atom stereocenters. The molecule has 4 heteroatoms. The van der Waals surface area contributed by atoms with Gasteiger partial charge in [-0.25, -0.2) is 0 Å². The van der Waals surface area contributed by atoms with Gasteiger partial charge in [-0.2, -0.15) is 11.8 Å². The van der Waals surface area contributed by atoms with Crippen molar-refractivity contribution in [1.29, 1.82) is 0 Å². The maximum atomic E-state index is 12.2. The van der Waals surface area contributed by atoms with E-state index in [1.165, 1.54) is 25.7 Å². The third-order valence-corrected chi connectivity index (χ3v) is 5.47. The minimum Gasteiger partial charge on any atom is -0.480 e. The van der Waals surface area contributed by atoms with E-state index in [2.05, 4.69) is 5.32 Å². The van der Waals surface area contributed by atoms with E-state index < -0.39 is 6.10 Å². The molecule has 0 spiro atoms. The lowest BCUT2D eigenvalue weighted by atomic mass is 10.2. The average molecular weight is 321 g/mol. The van der Waals surface area contributed by atoms with Crippen molar-refractivity contribution in [1.82, 2.24) is 5.32 Å². The highest BCUT2D eigenvalue weighted by Gasteiger charge is 2.19. The van der Waals surface area contributed by atoms with Gasteiger partial charge in [0.25, 0.3) is 5.91 Å². The maximum Gasteiger partial charge on any atom is 0.261 e. The van der Waals surface area contributed by atoms with Crippen molar-refractivity contribution in [2.24, 2.45) is 0 Å². The van der Waals surface area contributed by atoms with Gasteiger partial charge < -0.3 is 10.1 Å². The van der Waals surface area contributed by atoms with E-state index >= 15 is 0 Å². The summed E-state index contributed by atoms with van der Waals surface area (Å²) in [6.45, 7) is 4.71. The Hall–Kier alpha value is -1.16. The molecule has 1 aromatic carbocycles. The molecule has 2 rings (SSSR count). The van der Waals surface area contributed by atoms with Crippen molar-refractivity contribution >= 4 is 17.7 Å². The summed E-state index contributed by atoms with van der Waals surface area (Å²) in [5.74, 6) is 1.79. The first kappa shape index (κ1) is 17.2. The second kappa shape index (κ2) is 9.09. The molecule has 0 radical (unpaired) electrons. The number of ether oxygens (including phenoxy) is 1. The van der Waals surface area contributed by atoms with Crippen LogP contribution in [-0.4, -0.2) is 29.6 Å². The number of carbonyl (C=O) groups excluding carboxylic acids is 1. The lowest BCUT2D eigenvalue weighted by Crippen LogP contribution is -2.39. The second-order valence-corrected chi connectivity index (χ2v) is 7.26. The Balaban J connectivity index is 1.73. The van der Waals surface area contributed by atoms with Gasteiger partial charge in [0.2, 0.25) is 0 Å². The zero-order valence-electron chi connectivity index (χ0n) is 13.6. The van der Waals surface area contributed by atoms with Crippen molar-refractivity contribution in [3.63, 3.8) is 0 Å². The van der Waals surface area contributed by atoms with Crippen molar-refractivity contribution in [3.05, 3.63) is 29.8 Å². The Kier molecular flexibility index (Phi) is 7.10. The van der Waals surface area contributed by atoms with E-state index in [0.29, 0.717) is 6.42 Å². The lowest BCUT2D eigenvalue weighted by molar-refractivity contribution is -0.128. The molecular formula is C18H27NO2S. The molecule has 122 valence electrons. The fraction of sp³-hybridized carbons (Fsp3) is 0.611. The maximum absolute atomic E-state index is 12.2. The van der Waals surface area contributed by atoms with Gasteiger partial charge in [0.15, 0.2) is 6.10 Å². The normalized spacial score (nSPS) is 16.5. The third-order valence-electron chi connectivity index (χ3n) is 4.08. The predicted octanol–water partition coefficient (Wildman–Crippen LogP) is 3.94. The number of thioether (sulfide) groups is 1. The first-order chi connectivity index (χ1) is 10.7. The summed E-state index contributed by atoms with van der Waals surface area (Å²) in [7, 11) is 0. The summed E-state index contributed by atoms with van der Waals surface area (Å²) in [5.41, 5.74) is 1.06. The summed E-state index contributed by atoms with van der Waals surface area (Å²) in [5, 5.41) is 3.82. The Bertz CT molecular complexity index is 472. The molecule has 0 aliphatic heterocycles. The number of nitrogens with one attached hydrogen (secondary N) is 1. The topological polar surface area (TPSA) is 38.3 Å². The summed E-state index contributed by atoms with van der Waals surface area (Å²) in [4.78, 5) is 12.2. The van der Waals surface area contributed by atoms with Gasteiger partial charge in [0.05, 0.1) is 0 Å². The minimum atomic E-state index is -0.405. The molecule has 3 nitrogen and oxygen atoms in total. The van der Waals surface area contributed by atoms with E-state index in [-0.39, 0.29) is 5.91 Å². The van der Waals surface area contributed by atoms with Crippen LogP contribution in [0.1, 0.15) is 44.6 Å². The highest BCUT2D eigenvalue weighted by Crippen LogP contribution is 2.28. The smallest absolute Gasteiger partial charge is 0.261 e. The molecule has 1 unspecified atom stereocenters. The first-order valence-electron chi connectivity index (χ1n) is 8.32. The molecule has 0 bridgehead atoms. The number of hydrogen-bond donors (Lipinski definition) is 1. The molecule has 0 saturated heterocycles. The van der Waals surface area contributed by atoms with E-state index in [1.54, 1.807) is 0 Å². The zero-order valence-corrected chi connectivity index (χ0v) is 14.5. The van der Waals surface area contributed by atoms with Gasteiger partial charge >= 0.3 is 0 Å². The Morgan fingerprint density at radius 1 is 1.36 bits per heavy atom. The molecule has 1 aliphatic rings. The van der Waals surface area contributed by atoms with Crippen LogP contribution >= 0.6 is 11.8 Å². The molecule has 1 aromatic rings. The van der Waals surface area contributed by atoms with Crippen molar-refractivity contribution in [3.8, 4) is 5.75 Å². The highest BCUT2D eigenvalue weighted by atomic mass is 32.2. The lowest BCUT2D eigenvalue weighted by Gasteiger charge is -2.18. The summed E-state index contributed by atoms with van der Waals surface area (Å²) < 4.78 is 5.87.